The monoisotopic (exact) mass is 300 g/mol. The number of nitrogens with zero attached hydrogens (tertiary/aromatic N) is 3. The molecule has 0 fully saturated rings. The van der Waals surface area contributed by atoms with E-state index >= 15 is 0 Å². The number of amidine groups is 1. The summed E-state index contributed by atoms with van der Waals surface area (Å²) in [6.45, 7) is 0.696. The first-order valence-corrected chi connectivity index (χ1v) is 6.86. The summed E-state index contributed by atoms with van der Waals surface area (Å²) in [5.41, 5.74) is 7.29. The fourth-order valence-corrected chi connectivity index (χ4v) is 2.15. The molecule has 0 atom stereocenters. The van der Waals surface area contributed by atoms with Crippen LogP contribution in [0.15, 0.2) is 46.5 Å². The van der Waals surface area contributed by atoms with Crippen molar-refractivity contribution in [3.05, 3.63) is 41.6 Å². The maximum absolute atomic E-state index is 6.24. The van der Waals surface area contributed by atoms with E-state index in [4.69, 9.17) is 22.1 Å². The highest BCUT2D eigenvalue weighted by Crippen LogP contribution is 2.31. The number of anilines is 1. The smallest absolute Gasteiger partial charge is 0.316 e. The summed E-state index contributed by atoms with van der Waals surface area (Å²) in [4.78, 5) is 12.4. The van der Waals surface area contributed by atoms with Crippen LogP contribution < -0.4 is 10.5 Å². The lowest BCUT2D eigenvalue weighted by Gasteiger charge is -2.10. The second-order valence-corrected chi connectivity index (χ2v) is 4.89. The number of hydrogen-bond donors (Lipinski definition) is 1. The molecule has 0 spiro atoms. The lowest BCUT2D eigenvalue weighted by Crippen LogP contribution is -2.10. The van der Waals surface area contributed by atoms with E-state index in [2.05, 4.69) is 15.0 Å². The molecular formula is C15H13ClN4O. The third-order valence-corrected chi connectivity index (χ3v) is 3.28. The van der Waals surface area contributed by atoms with E-state index < -0.39 is 0 Å². The molecule has 0 saturated carbocycles. The average Bonchev–Trinajstić information content (AvgIpc) is 2.51. The first-order valence-electron chi connectivity index (χ1n) is 6.48. The Labute approximate surface area is 127 Å². The second-order valence-electron chi connectivity index (χ2n) is 4.48. The van der Waals surface area contributed by atoms with Crippen molar-refractivity contribution in [2.75, 3.05) is 12.3 Å². The van der Waals surface area contributed by atoms with Gasteiger partial charge in [0.15, 0.2) is 0 Å². The van der Waals surface area contributed by atoms with Crippen LogP contribution in [0.1, 0.15) is 6.42 Å². The number of nitrogen functional groups attached to an aromatic ring is 1. The van der Waals surface area contributed by atoms with Crippen LogP contribution in [0.5, 0.6) is 5.75 Å². The molecule has 1 aliphatic rings. The SMILES string of the molecule is Nc1ccc(-c2cc(OC3=NCCC=N3)ccc2Cl)cn1. The Morgan fingerprint density at radius 2 is 2.10 bits per heavy atom. The number of aromatic nitrogens is 1. The Morgan fingerprint density at radius 3 is 2.81 bits per heavy atom. The molecule has 0 bridgehead atoms. The zero-order valence-corrected chi connectivity index (χ0v) is 11.9. The first kappa shape index (κ1) is 13.6. The zero-order valence-electron chi connectivity index (χ0n) is 11.2. The van der Waals surface area contributed by atoms with Crippen LogP contribution in [-0.2, 0) is 0 Å². The number of halogens is 1. The molecular weight excluding hydrogens is 288 g/mol. The van der Waals surface area contributed by atoms with E-state index in [0.29, 0.717) is 29.2 Å². The van der Waals surface area contributed by atoms with Gasteiger partial charge in [-0.05, 0) is 30.3 Å². The number of aliphatic imine (C=N–C) groups is 2. The van der Waals surface area contributed by atoms with Gasteiger partial charge in [-0.15, -0.1) is 0 Å². The zero-order chi connectivity index (χ0) is 14.7. The Morgan fingerprint density at radius 1 is 1.19 bits per heavy atom. The summed E-state index contributed by atoms with van der Waals surface area (Å²) in [5.74, 6) is 1.09. The largest absolute Gasteiger partial charge is 0.425 e. The van der Waals surface area contributed by atoms with Crippen LogP contribution in [0.25, 0.3) is 11.1 Å². The molecule has 1 aliphatic heterocycles. The number of benzene rings is 1. The van der Waals surface area contributed by atoms with Gasteiger partial charge in [0.25, 0.3) is 0 Å². The third kappa shape index (κ3) is 3.20. The summed E-state index contributed by atoms with van der Waals surface area (Å²) >= 11 is 6.24. The van der Waals surface area contributed by atoms with E-state index in [-0.39, 0.29) is 0 Å². The molecule has 1 aromatic heterocycles. The molecule has 0 amide bonds. The van der Waals surface area contributed by atoms with Gasteiger partial charge in [-0.1, -0.05) is 11.6 Å². The fourth-order valence-electron chi connectivity index (χ4n) is 1.92. The number of ether oxygens (including phenoxy) is 1. The predicted molar refractivity (Wildman–Crippen MR) is 85.1 cm³/mol. The molecule has 0 saturated heterocycles. The minimum Gasteiger partial charge on any atom is -0.425 e. The minimum absolute atomic E-state index is 0.366. The third-order valence-electron chi connectivity index (χ3n) is 2.95. The molecule has 2 N–H and O–H groups in total. The Kier molecular flexibility index (Phi) is 3.83. The Hall–Kier alpha value is -2.40. The van der Waals surface area contributed by atoms with Crippen molar-refractivity contribution >= 4 is 29.7 Å². The van der Waals surface area contributed by atoms with Gasteiger partial charge >= 0.3 is 6.02 Å². The summed E-state index contributed by atoms with van der Waals surface area (Å²) in [5, 5.41) is 0.614. The van der Waals surface area contributed by atoms with E-state index in [1.807, 2.05) is 12.1 Å². The topological polar surface area (TPSA) is 72.9 Å². The molecule has 3 rings (SSSR count). The molecule has 5 nitrogen and oxygen atoms in total. The van der Waals surface area contributed by atoms with E-state index in [9.17, 15) is 0 Å². The maximum Gasteiger partial charge on any atom is 0.316 e. The highest BCUT2D eigenvalue weighted by atomic mass is 35.5. The van der Waals surface area contributed by atoms with Crippen molar-refractivity contribution in [1.29, 1.82) is 0 Å². The predicted octanol–water partition coefficient (Wildman–Crippen LogP) is 3.19. The highest BCUT2D eigenvalue weighted by Gasteiger charge is 2.09. The van der Waals surface area contributed by atoms with Crippen molar-refractivity contribution in [1.82, 2.24) is 4.98 Å². The maximum atomic E-state index is 6.24. The van der Waals surface area contributed by atoms with Crippen LogP contribution in [-0.4, -0.2) is 23.8 Å². The van der Waals surface area contributed by atoms with Gasteiger partial charge in [0.2, 0.25) is 0 Å². The van der Waals surface area contributed by atoms with Crippen LogP contribution in [0.4, 0.5) is 5.82 Å². The number of pyridine rings is 1. The molecule has 0 radical (unpaired) electrons. The van der Waals surface area contributed by atoms with Crippen molar-refractivity contribution < 1.29 is 4.74 Å². The van der Waals surface area contributed by atoms with Gasteiger partial charge in [-0.3, -0.25) is 0 Å². The lowest BCUT2D eigenvalue weighted by atomic mass is 10.1. The van der Waals surface area contributed by atoms with Gasteiger partial charge in [0.1, 0.15) is 11.6 Å². The number of hydrogen-bond acceptors (Lipinski definition) is 5. The van der Waals surface area contributed by atoms with E-state index in [0.717, 1.165) is 17.5 Å². The number of rotatable bonds is 2. The molecule has 6 heteroatoms. The molecule has 0 unspecified atom stereocenters. The molecule has 106 valence electrons. The van der Waals surface area contributed by atoms with Gasteiger partial charge in [-0.2, -0.15) is 0 Å². The molecule has 0 aliphatic carbocycles. The summed E-state index contributed by atoms with van der Waals surface area (Å²) in [6, 6.07) is 9.35. The summed E-state index contributed by atoms with van der Waals surface area (Å²) in [7, 11) is 0. The average molecular weight is 301 g/mol. The fraction of sp³-hybridized carbons (Fsp3) is 0.133. The number of nitrogens with two attached hydrogens (primary N) is 1. The van der Waals surface area contributed by atoms with Gasteiger partial charge < -0.3 is 10.5 Å². The Balaban J connectivity index is 1.90. The standard InChI is InChI=1S/C15H13ClN4O/c16-13-4-3-11(21-15-18-6-1-7-19-15)8-12(13)10-2-5-14(17)20-9-10/h2-6,8-9H,1,7H2,(H2,17,20). The quantitative estimate of drug-likeness (QED) is 0.925. The second kappa shape index (κ2) is 5.93. The summed E-state index contributed by atoms with van der Waals surface area (Å²) in [6.07, 6.45) is 4.31. The Bertz CT molecular complexity index is 710. The van der Waals surface area contributed by atoms with Gasteiger partial charge in [0.05, 0.1) is 0 Å². The minimum atomic E-state index is 0.366. The van der Waals surface area contributed by atoms with Gasteiger partial charge in [0, 0.05) is 41.5 Å². The van der Waals surface area contributed by atoms with Crippen molar-refractivity contribution in [2.45, 2.75) is 6.42 Å². The van der Waals surface area contributed by atoms with Crippen molar-refractivity contribution in [3.8, 4) is 16.9 Å². The first-order chi connectivity index (χ1) is 10.2. The van der Waals surface area contributed by atoms with Crippen LogP contribution in [0.2, 0.25) is 5.02 Å². The molecule has 1 aromatic carbocycles. The molecule has 2 aromatic rings. The highest BCUT2D eigenvalue weighted by molar-refractivity contribution is 6.33. The normalized spacial score (nSPS) is 13.9. The van der Waals surface area contributed by atoms with Gasteiger partial charge in [-0.25, -0.2) is 15.0 Å². The van der Waals surface area contributed by atoms with Crippen molar-refractivity contribution in [2.24, 2.45) is 9.98 Å². The van der Waals surface area contributed by atoms with Crippen molar-refractivity contribution in [3.63, 3.8) is 0 Å². The van der Waals surface area contributed by atoms with Crippen LogP contribution in [0, 0.1) is 0 Å². The van der Waals surface area contributed by atoms with Crippen LogP contribution in [0.3, 0.4) is 0 Å². The summed E-state index contributed by atoms with van der Waals surface area (Å²) < 4.78 is 5.64. The van der Waals surface area contributed by atoms with E-state index in [1.165, 1.54) is 0 Å². The van der Waals surface area contributed by atoms with E-state index in [1.54, 1.807) is 30.6 Å². The molecule has 21 heavy (non-hydrogen) atoms. The molecule has 2 heterocycles. The van der Waals surface area contributed by atoms with Crippen LogP contribution >= 0.6 is 11.6 Å². The lowest BCUT2D eigenvalue weighted by molar-refractivity contribution is 0.537.